The minimum absolute atomic E-state index is 0.516. The maximum absolute atomic E-state index is 14.5. The molecule has 0 bridgehead atoms. The summed E-state index contributed by atoms with van der Waals surface area (Å²) in [6, 6.07) is 13.4. The molecule has 3 aliphatic carbocycles. The van der Waals surface area contributed by atoms with Crippen LogP contribution in [-0.2, 0) is 12.8 Å². The second-order valence-electron chi connectivity index (χ2n) is 13.2. The van der Waals surface area contributed by atoms with Crippen molar-refractivity contribution in [3.63, 3.8) is 0 Å². The Morgan fingerprint density at radius 2 is 1.11 bits per heavy atom. The van der Waals surface area contributed by atoms with Crippen LogP contribution < -0.4 is 0 Å². The summed E-state index contributed by atoms with van der Waals surface area (Å²) >= 11 is 0. The Morgan fingerprint density at radius 3 is 1.76 bits per heavy atom. The molecule has 2 aromatic rings. The van der Waals surface area contributed by atoms with Crippen molar-refractivity contribution in [3.8, 4) is 0 Å². The van der Waals surface area contributed by atoms with Gasteiger partial charge in [0.1, 0.15) is 0 Å². The number of halogens is 2. The molecule has 3 aliphatic rings. The maximum atomic E-state index is 14.5. The lowest BCUT2D eigenvalue weighted by Crippen LogP contribution is -2.30. The maximum Gasteiger partial charge on any atom is 0.162 e. The zero-order chi connectivity index (χ0) is 26.5. The molecule has 0 aromatic heterocycles. The van der Waals surface area contributed by atoms with Crippen LogP contribution in [-0.4, -0.2) is 0 Å². The SMILES string of the molecule is CCCc1ccc(CCC2CCC(c3ccc(C4CCC5CC(CCC)CCC5C4)cc3)CC2)c(F)c1F. The summed E-state index contributed by atoms with van der Waals surface area (Å²) < 4.78 is 28.9. The van der Waals surface area contributed by atoms with Gasteiger partial charge < -0.3 is 0 Å². The fourth-order valence-electron chi connectivity index (χ4n) is 8.43. The highest BCUT2D eigenvalue weighted by Crippen LogP contribution is 2.48. The number of rotatable bonds is 9. The predicted molar refractivity (Wildman–Crippen MR) is 156 cm³/mol. The number of hydrogen-bond acceptors (Lipinski definition) is 0. The smallest absolute Gasteiger partial charge is 0.162 e. The molecule has 208 valence electrons. The van der Waals surface area contributed by atoms with Gasteiger partial charge in [-0.15, -0.1) is 0 Å². The first kappa shape index (κ1) is 27.9. The van der Waals surface area contributed by atoms with Gasteiger partial charge in [-0.3, -0.25) is 0 Å². The first-order valence-corrected chi connectivity index (χ1v) is 16.1. The van der Waals surface area contributed by atoms with Crippen molar-refractivity contribution in [3.05, 3.63) is 70.3 Å². The Labute approximate surface area is 231 Å². The van der Waals surface area contributed by atoms with Crippen molar-refractivity contribution in [1.29, 1.82) is 0 Å². The molecular weight excluding hydrogens is 470 g/mol. The summed E-state index contributed by atoms with van der Waals surface area (Å²) in [6.45, 7) is 4.35. The van der Waals surface area contributed by atoms with E-state index in [-0.39, 0.29) is 0 Å². The van der Waals surface area contributed by atoms with E-state index in [9.17, 15) is 8.78 Å². The molecule has 0 radical (unpaired) electrons. The third kappa shape index (κ3) is 6.53. The van der Waals surface area contributed by atoms with Gasteiger partial charge in [-0.1, -0.05) is 75.9 Å². The van der Waals surface area contributed by atoms with Crippen molar-refractivity contribution < 1.29 is 8.78 Å². The van der Waals surface area contributed by atoms with Crippen molar-refractivity contribution in [1.82, 2.24) is 0 Å². The molecule has 0 aliphatic heterocycles. The second kappa shape index (κ2) is 13.1. The number of aryl methyl sites for hydroxylation is 2. The van der Waals surface area contributed by atoms with Crippen LogP contribution >= 0.6 is 0 Å². The number of hydrogen-bond donors (Lipinski definition) is 0. The van der Waals surface area contributed by atoms with E-state index in [2.05, 4.69) is 31.2 Å². The Balaban J connectivity index is 1.08. The van der Waals surface area contributed by atoms with E-state index < -0.39 is 11.6 Å². The fourth-order valence-corrected chi connectivity index (χ4v) is 8.43. The van der Waals surface area contributed by atoms with Crippen LogP contribution in [0.5, 0.6) is 0 Å². The zero-order valence-corrected chi connectivity index (χ0v) is 24.0. The summed E-state index contributed by atoms with van der Waals surface area (Å²) in [7, 11) is 0. The van der Waals surface area contributed by atoms with Crippen molar-refractivity contribution in [2.24, 2.45) is 23.7 Å². The summed E-state index contributed by atoms with van der Waals surface area (Å²) in [5, 5.41) is 0. The Morgan fingerprint density at radius 1 is 0.553 bits per heavy atom. The second-order valence-corrected chi connectivity index (χ2v) is 13.2. The van der Waals surface area contributed by atoms with Gasteiger partial charge in [-0.2, -0.15) is 0 Å². The van der Waals surface area contributed by atoms with Gasteiger partial charge in [0.05, 0.1) is 0 Å². The van der Waals surface area contributed by atoms with Crippen molar-refractivity contribution in [2.75, 3.05) is 0 Å². The van der Waals surface area contributed by atoms with Gasteiger partial charge >= 0.3 is 0 Å². The van der Waals surface area contributed by atoms with Crippen LogP contribution in [0.1, 0.15) is 138 Å². The zero-order valence-electron chi connectivity index (χ0n) is 24.0. The molecule has 0 spiro atoms. The lowest BCUT2D eigenvalue weighted by molar-refractivity contribution is 0.114. The summed E-state index contributed by atoms with van der Waals surface area (Å²) in [6.07, 6.45) is 19.4. The highest BCUT2D eigenvalue weighted by atomic mass is 19.2. The minimum Gasteiger partial charge on any atom is -0.203 e. The van der Waals surface area contributed by atoms with E-state index in [4.69, 9.17) is 0 Å². The first-order chi connectivity index (χ1) is 18.6. The third-order valence-electron chi connectivity index (χ3n) is 10.7. The van der Waals surface area contributed by atoms with Crippen LogP contribution in [0.3, 0.4) is 0 Å². The van der Waals surface area contributed by atoms with Crippen LogP contribution in [0.2, 0.25) is 0 Å². The van der Waals surface area contributed by atoms with E-state index in [1.54, 1.807) is 11.6 Å². The molecule has 3 fully saturated rings. The van der Waals surface area contributed by atoms with E-state index in [1.807, 2.05) is 13.0 Å². The summed E-state index contributed by atoms with van der Waals surface area (Å²) in [5.74, 6) is 3.81. The molecule has 2 aromatic carbocycles. The van der Waals surface area contributed by atoms with Gasteiger partial charge in [0.2, 0.25) is 0 Å². The predicted octanol–water partition coefficient (Wildman–Crippen LogP) is 10.9. The van der Waals surface area contributed by atoms with Crippen molar-refractivity contribution >= 4 is 0 Å². The van der Waals surface area contributed by atoms with Crippen LogP contribution in [0.4, 0.5) is 8.78 Å². The van der Waals surface area contributed by atoms with Crippen LogP contribution in [0.25, 0.3) is 0 Å². The van der Waals surface area contributed by atoms with E-state index in [1.165, 1.54) is 82.6 Å². The van der Waals surface area contributed by atoms with Gasteiger partial charge in [0.25, 0.3) is 0 Å². The number of fused-ring (bicyclic) bond motifs is 1. The largest absolute Gasteiger partial charge is 0.203 e. The van der Waals surface area contributed by atoms with E-state index >= 15 is 0 Å². The molecule has 4 unspecified atom stereocenters. The molecule has 3 saturated carbocycles. The molecule has 0 nitrogen and oxygen atoms in total. The van der Waals surface area contributed by atoms with E-state index in [0.29, 0.717) is 35.8 Å². The average Bonchev–Trinajstić information content (AvgIpc) is 2.95. The lowest BCUT2D eigenvalue weighted by Gasteiger charge is -2.42. The minimum atomic E-state index is -0.621. The molecule has 0 heterocycles. The molecular formula is C36H50F2. The molecule has 0 saturated heterocycles. The summed E-state index contributed by atoms with van der Waals surface area (Å²) in [4.78, 5) is 0. The molecule has 4 atom stereocenters. The molecule has 0 N–H and O–H groups in total. The average molecular weight is 521 g/mol. The van der Waals surface area contributed by atoms with Gasteiger partial charge in [-0.05, 0) is 135 Å². The Hall–Kier alpha value is -1.70. The Bertz CT molecular complexity index is 1020. The van der Waals surface area contributed by atoms with Gasteiger partial charge in [0.15, 0.2) is 11.6 Å². The standard InChI is InChI=1S/C36H50F2/c1-3-5-26-10-14-34-24-33(22-21-32(34)23-26)29-17-15-28(16-18-29)27-11-7-25(8-12-27)9-13-31-20-19-30(6-4-2)35(37)36(31)38/h15-20,25-27,32-34H,3-14,21-24H2,1-2H3. The Kier molecular flexibility index (Phi) is 9.60. The molecule has 38 heavy (non-hydrogen) atoms. The third-order valence-corrected chi connectivity index (χ3v) is 10.7. The van der Waals surface area contributed by atoms with Gasteiger partial charge in [-0.25, -0.2) is 8.78 Å². The van der Waals surface area contributed by atoms with Crippen LogP contribution in [0, 0.1) is 35.3 Å². The normalized spacial score (nSPS) is 29.7. The van der Waals surface area contributed by atoms with Gasteiger partial charge in [0, 0.05) is 0 Å². The topological polar surface area (TPSA) is 0 Å². The van der Waals surface area contributed by atoms with Crippen LogP contribution in [0.15, 0.2) is 36.4 Å². The quantitative estimate of drug-likeness (QED) is 0.308. The first-order valence-electron chi connectivity index (χ1n) is 16.1. The highest BCUT2D eigenvalue weighted by molar-refractivity contribution is 5.29. The summed E-state index contributed by atoms with van der Waals surface area (Å²) in [5.41, 5.74) is 4.17. The lowest BCUT2D eigenvalue weighted by atomic mass is 9.63. The molecule has 5 rings (SSSR count). The highest BCUT2D eigenvalue weighted by Gasteiger charge is 2.35. The van der Waals surface area contributed by atoms with E-state index in [0.717, 1.165) is 36.5 Å². The molecule has 0 amide bonds. The van der Waals surface area contributed by atoms with Crippen molar-refractivity contribution in [2.45, 2.75) is 128 Å². The monoisotopic (exact) mass is 520 g/mol. The molecule has 2 heteroatoms. The fraction of sp³-hybridized carbons (Fsp3) is 0.667. The number of benzene rings is 2.